The molecule has 0 saturated heterocycles. The summed E-state index contributed by atoms with van der Waals surface area (Å²) in [5, 5.41) is 2.95. The summed E-state index contributed by atoms with van der Waals surface area (Å²) in [5.41, 5.74) is 0.475. The predicted molar refractivity (Wildman–Crippen MR) is 123 cm³/mol. The third-order valence-corrected chi connectivity index (χ3v) is 5.55. The number of rotatable bonds is 6. The molecule has 9 heteroatoms. The second-order valence-electron chi connectivity index (χ2n) is 7.74. The van der Waals surface area contributed by atoms with Crippen LogP contribution in [0.1, 0.15) is 21.5 Å². The first kappa shape index (κ1) is 22.9. The molecule has 7 nitrogen and oxygen atoms in total. The number of aromatic nitrogens is 2. The molecular formula is C25H21F2N3O4. The summed E-state index contributed by atoms with van der Waals surface area (Å²) in [6.45, 7) is 0.0288. The Morgan fingerprint density at radius 3 is 2.32 bits per heavy atom. The largest absolute Gasteiger partial charge is 0.497 e. The number of carbonyl (C=O) groups is 1. The van der Waals surface area contributed by atoms with E-state index in [1.807, 2.05) is 12.1 Å². The van der Waals surface area contributed by atoms with Gasteiger partial charge in [-0.2, -0.15) is 0 Å². The second-order valence-corrected chi connectivity index (χ2v) is 7.74. The molecule has 4 aromatic rings. The van der Waals surface area contributed by atoms with Crippen LogP contribution in [0.15, 0.2) is 70.3 Å². The number of hydrogen-bond acceptors (Lipinski definition) is 4. The van der Waals surface area contributed by atoms with Crippen LogP contribution in [0.4, 0.5) is 8.78 Å². The first-order chi connectivity index (χ1) is 16.3. The lowest BCUT2D eigenvalue weighted by molar-refractivity contribution is 0.0951. The van der Waals surface area contributed by atoms with Gasteiger partial charge in [0.25, 0.3) is 11.5 Å². The van der Waals surface area contributed by atoms with Gasteiger partial charge in [-0.1, -0.05) is 18.2 Å². The van der Waals surface area contributed by atoms with Crippen LogP contribution in [-0.4, -0.2) is 22.2 Å². The van der Waals surface area contributed by atoms with Crippen LogP contribution in [0.25, 0.3) is 10.9 Å². The summed E-state index contributed by atoms with van der Waals surface area (Å²) in [6.07, 6.45) is 0. The lowest BCUT2D eigenvalue weighted by atomic mass is 10.1. The van der Waals surface area contributed by atoms with E-state index in [9.17, 15) is 23.2 Å². The van der Waals surface area contributed by atoms with Gasteiger partial charge >= 0.3 is 5.69 Å². The van der Waals surface area contributed by atoms with Gasteiger partial charge in [-0.25, -0.2) is 13.6 Å². The molecule has 0 radical (unpaired) electrons. The summed E-state index contributed by atoms with van der Waals surface area (Å²) in [7, 11) is 3.06. The molecule has 3 aromatic carbocycles. The Kier molecular flexibility index (Phi) is 6.27. The molecule has 0 fully saturated rings. The van der Waals surface area contributed by atoms with Gasteiger partial charge in [-0.15, -0.1) is 0 Å². The smallest absolute Gasteiger partial charge is 0.331 e. The van der Waals surface area contributed by atoms with E-state index in [1.165, 1.54) is 35.9 Å². The fraction of sp³-hybridized carbons (Fsp3) is 0.160. The number of halogens is 2. The number of nitrogens with zero attached hydrogens (tertiary/aromatic N) is 2. The zero-order valence-electron chi connectivity index (χ0n) is 18.5. The van der Waals surface area contributed by atoms with Crippen molar-refractivity contribution in [1.82, 2.24) is 14.5 Å². The molecule has 1 N–H and O–H groups in total. The van der Waals surface area contributed by atoms with E-state index in [-0.39, 0.29) is 29.6 Å². The quantitative estimate of drug-likeness (QED) is 0.475. The number of benzene rings is 3. The molecule has 1 aromatic heterocycles. The number of methoxy groups -OCH3 is 1. The van der Waals surface area contributed by atoms with Crippen LogP contribution in [0.2, 0.25) is 0 Å². The molecule has 0 aliphatic heterocycles. The highest BCUT2D eigenvalue weighted by Gasteiger charge is 2.15. The molecule has 34 heavy (non-hydrogen) atoms. The van der Waals surface area contributed by atoms with Gasteiger partial charge in [0.2, 0.25) is 0 Å². The minimum atomic E-state index is -1.07. The van der Waals surface area contributed by atoms with Gasteiger partial charge < -0.3 is 10.1 Å². The first-order valence-corrected chi connectivity index (χ1v) is 10.4. The van der Waals surface area contributed by atoms with Crippen molar-refractivity contribution in [3.05, 3.63) is 110 Å². The number of nitrogens with one attached hydrogen (secondary N) is 1. The molecular weight excluding hydrogens is 444 g/mol. The minimum absolute atomic E-state index is 0.154. The molecule has 0 saturated carbocycles. The van der Waals surface area contributed by atoms with Crippen molar-refractivity contribution in [3.63, 3.8) is 0 Å². The normalized spacial score (nSPS) is 10.9. The van der Waals surface area contributed by atoms with Crippen LogP contribution < -0.4 is 21.3 Å². The fourth-order valence-corrected chi connectivity index (χ4v) is 3.65. The summed E-state index contributed by atoms with van der Waals surface area (Å²) < 4.78 is 34.1. The molecule has 0 unspecified atom stereocenters. The molecule has 0 bridgehead atoms. The van der Waals surface area contributed by atoms with Gasteiger partial charge in [-0.3, -0.25) is 18.7 Å². The third-order valence-electron chi connectivity index (χ3n) is 5.55. The molecule has 0 spiro atoms. The summed E-state index contributed by atoms with van der Waals surface area (Å²) >= 11 is 0. The number of fused-ring (bicyclic) bond motifs is 1. The highest BCUT2D eigenvalue weighted by molar-refractivity contribution is 5.97. The van der Waals surface area contributed by atoms with E-state index in [1.54, 1.807) is 19.2 Å². The Morgan fingerprint density at radius 1 is 0.941 bits per heavy atom. The van der Waals surface area contributed by atoms with Gasteiger partial charge in [0, 0.05) is 19.2 Å². The van der Waals surface area contributed by atoms with Crippen LogP contribution in [0.3, 0.4) is 0 Å². The summed E-state index contributed by atoms with van der Waals surface area (Å²) in [4.78, 5) is 38.6. The number of amides is 1. The van der Waals surface area contributed by atoms with E-state index in [4.69, 9.17) is 4.74 Å². The van der Waals surface area contributed by atoms with Crippen molar-refractivity contribution in [1.29, 1.82) is 0 Å². The number of aryl methyl sites for hydroxylation is 1. The second kappa shape index (κ2) is 9.30. The zero-order valence-corrected chi connectivity index (χ0v) is 18.5. The van der Waals surface area contributed by atoms with Gasteiger partial charge in [-0.05, 0) is 53.6 Å². The number of carbonyl (C=O) groups excluding carboxylic acids is 1. The van der Waals surface area contributed by atoms with Crippen molar-refractivity contribution in [2.24, 2.45) is 7.05 Å². The van der Waals surface area contributed by atoms with Crippen molar-refractivity contribution in [2.45, 2.75) is 13.1 Å². The zero-order chi connectivity index (χ0) is 24.4. The molecule has 0 aliphatic rings. The molecule has 0 atom stereocenters. The lowest BCUT2D eigenvalue weighted by Gasteiger charge is -2.12. The highest BCUT2D eigenvalue weighted by atomic mass is 19.2. The van der Waals surface area contributed by atoms with Crippen molar-refractivity contribution in [2.75, 3.05) is 7.11 Å². The highest BCUT2D eigenvalue weighted by Crippen LogP contribution is 2.14. The van der Waals surface area contributed by atoms with Gasteiger partial charge in [0.1, 0.15) is 5.75 Å². The maximum absolute atomic E-state index is 13.6. The minimum Gasteiger partial charge on any atom is -0.497 e. The predicted octanol–water partition coefficient (Wildman–Crippen LogP) is 2.97. The molecule has 174 valence electrons. The Balaban J connectivity index is 1.65. The topological polar surface area (TPSA) is 82.3 Å². The maximum atomic E-state index is 13.6. The molecule has 1 heterocycles. The number of ether oxygens (including phenoxy) is 1. The molecule has 0 aliphatic carbocycles. The van der Waals surface area contributed by atoms with E-state index < -0.39 is 28.8 Å². The Bertz CT molecular complexity index is 1510. The van der Waals surface area contributed by atoms with Gasteiger partial charge in [0.15, 0.2) is 11.6 Å². The SMILES string of the molecule is COc1ccc(CNC(=O)c2ccc3c(c2)c(=O)n(Cc2ccc(F)c(F)c2)c(=O)n3C)cc1. The fourth-order valence-electron chi connectivity index (χ4n) is 3.65. The maximum Gasteiger partial charge on any atom is 0.331 e. The van der Waals surface area contributed by atoms with Crippen molar-refractivity contribution in [3.8, 4) is 5.75 Å². The Hall–Kier alpha value is -4.27. The van der Waals surface area contributed by atoms with E-state index >= 15 is 0 Å². The van der Waals surface area contributed by atoms with E-state index in [0.29, 0.717) is 11.3 Å². The first-order valence-electron chi connectivity index (χ1n) is 10.4. The summed E-state index contributed by atoms with van der Waals surface area (Å²) in [6, 6.07) is 14.9. The standard InChI is InChI=1S/C25H21F2N3O4/c1-29-22-10-6-17(23(31)28-13-15-3-7-18(34-2)8-4-15)12-19(22)24(32)30(25(29)33)14-16-5-9-20(26)21(27)11-16/h3-12H,13-14H2,1-2H3,(H,28,31). The monoisotopic (exact) mass is 465 g/mol. The summed E-state index contributed by atoms with van der Waals surface area (Å²) in [5.74, 6) is -1.78. The van der Waals surface area contributed by atoms with Crippen molar-refractivity contribution < 1.29 is 18.3 Å². The average Bonchev–Trinajstić information content (AvgIpc) is 2.85. The average molecular weight is 465 g/mol. The van der Waals surface area contributed by atoms with E-state index in [2.05, 4.69) is 5.32 Å². The third kappa shape index (κ3) is 4.45. The number of hydrogen-bond donors (Lipinski definition) is 1. The Labute approximate surface area is 192 Å². The molecule has 4 rings (SSSR count). The van der Waals surface area contributed by atoms with Crippen LogP contribution in [-0.2, 0) is 20.1 Å². The van der Waals surface area contributed by atoms with E-state index in [0.717, 1.165) is 22.3 Å². The van der Waals surface area contributed by atoms with Crippen LogP contribution >= 0.6 is 0 Å². The van der Waals surface area contributed by atoms with Gasteiger partial charge in [0.05, 0.1) is 24.6 Å². The van der Waals surface area contributed by atoms with Crippen LogP contribution in [0, 0.1) is 11.6 Å². The Morgan fingerprint density at radius 2 is 1.65 bits per heavy atom. The van der Waals surface area contributed by atoms with Crippen LogP contribution in [0.5, 0.6) is 5.75 Å². The molecule has 1 amide bonds. The lowest BCUT2D eigenvalue weighted by Crippen LogP contribution is -2.39. The van der Waals surface area contributed by atoms with Crippen molar-refractivity contribution >= 4 is 16.8 Å².